The van der Waals surface area contributed by atoms with Crippen LogP contribution in [0.15, 0.2) is 34.5 Å². The molecule has 3 aliphatic rings. The van der Waals surface area contributed by atoms with Crippen LogP contribution < -0.4 is 0 Å². The molecule has 11 heteroatoms. The molecule has 240 valence electrons. The zero-order valence-corrected chi connectivity index (χ0v) is 27.5. The fourth-order valence-corrected chi connectivity index (χ4v) is 7.26. The van der Waals surface area contributed by atoms with Gasteiger partial charge in [0.15, 0.2) is 0 Å². The standard InChI is InChI=1S/C32H45BrO10/c1-17(8-11-23(39-7)21-12-20(35)9-10-22(21)33)29-18(2)25-15-32(43-29)30(4,5)16-31(6,38)26(42-32)14-28(37)40-24(19(3)34)13-27(36)41-25/h9-10,12,14,17-19,23-25,29,34-35,38H,8,11,13,15-16H2,1-7H3/b26-14-/t17-,18-,19+,23-,24+,25-,29+,31-,32-/m0/s1. The number of carbonyl (C=O) groups excluding carboxylic acids is 2. The van der Waals surface area contributed by atoms with E-state index in [0.717, 1.165) is 16.1 Å². The summed E-state index contributed by atoms with van der Waals surface area (Å²) in [5.74, 6) is -2.91. The maximum Gasteiger partial charge on any atom is 0.334 e. The maximum atomic E-state index is 13.1. The Bertz CT molecular complexity index is 1230. The van der Waals surface area contributed by atoms with Crippen molar-refractivity contribution in [3.8, 4) is 5.75 Å². The van der Waals surface area contributed by atoms with Crippen molar-refractivity contribution in [2.45, 2.75) is 116 Å². The quantitative estimate of drug-likeness (QED) is 0.337. The van der Waals surface area contributed by atoms with E-state index in [-0.39, 0.29) is 48.7 Å². The minimum Gasteiger partial charge on any atom is -0.508 e. The number of aromatic hydroxyl groups is 1. The van der Waals surface area contributed by atoms with E-state index in [4.69, 9.17) is 23.7 Å². The largest absolute Gasteiger partial charge is 0.508 e. The Hall–Kier alpha value is -2.18. The summed E-state index contributed by atoms with van der Waals surface area (Å²) in [6, 6.07) is 5.07. The molecule has 9 atom stereocenters. The SMILES string of the molecule is CO[C@@H](CC[C@H](C)[C@H]1O[C@]23C[C@H](OC(=O)C[C@H]([C@@H](C)O)OC(=O)/C=C(\O2)[C@@](C)(O)CC3(C)C)[C@@H]1C)c1cc(O)ccc1Br. The van der Waals surface area contributed by atoms with Crippen molar-refractivity contribution in [3.05, 3.63) is 40.1 Å². The summed E-state index contributed by atoms with van der Waals surface area (Å²) >= 11 is 3.56. The molecule has 0 unspecified atom stereocenters. The number of aliphatic hydroxyl groups is 2. The van der Waals surface area contributed by atoms with Gasteiger partial charge >= 0.3 is 11.9 Å². The normalized spacial score (nSPS) is 35.9. The van der Waals surface area contributed by atoms with Crippen LogP contribution in [0.4, 0.5) is 0 Å². The van der Waals surface area contributed by atoms with Gasteiger partial charge in [0.2, 0.25) is 5.79 Å². The Morgan fingerprint density at radius 2 is 1.84 bits per heavy atom. The zero-order chi connectivity index (χ0) is 31.9. The average molecular weight is 670 g/mol. The molecular weight excluding hydrogens is 624 g/mol. The number of esters is 2. The molecular formula is C32H45BrO10. The lowest BCUT2D eigenvalue weighted by atomic mass is 9.66. The number of phenols is 1. The van der Waals surface area contributed by atoms with E-state index in [2.05, 4.69) is 22.9 Å². The highest BCUT2D eigenvalue weighted by Crippen LogP contribution is 2.56. The number of phenolic OH excluding ortho intramolecular Hbond substituents is 1. The van der Waals surface area contributed by atoms with Crippen molar-refractivity contribution in [1.82, 2.24) is 0 Å². The van der Waals surface area contributed by atoms with Gasteiger partial charge in [-0.25, -0.2) is 4.79 Å². The second-order valence-corrected chi connectivity index (χ2v) is 14.1. The van der Waals surface area contributed by atoms with Gasteiger partial charge in [0.05, 0.1) is 37.2 Å². The van der Waals surface area contributed by atoms with Crippen LogP contribution in [0.5, 0.6) is 5.75 Å². The summed E-state index contributed by atoms with van der Waals surface area (Å²) in [6.07, 6.45) is -1.13. The molecule has 0 aliphatic carbocycles. The van der Waals surface area contributed by atoms with Crippen LogP contribution in [0.3, 0.4) is 0 Å². The molecule has 3 bridgehead atoms. The van der Waals surface area contributed by atoms with Gasteiger partial charge in [-0.05, 0) is 62.8 Å². The summed E-state index contributed by atoms with van der Waals surface area (Å²) in [7, 11) is 1.63. The average Bonchev–Trinajstić information content (AvgIpc) is 2.89. The molecule has 2 saturated heterocycles. The van der Waals surface area contributed by atoms with Gasteiger partial charge in [-0.1, -0.05) is 43.6 Å². The van der Waals surface area contributed by atoms with Crippen LogP contribution in [0.2, 0.25) is 0 Å². The van der Waals surface area contributed by atoms with Crippen molar-refractivity contribution in [1.29, 1.82) is 0 Å². The molecule has 4 rings (SSSR count). The number of hydrogen-bond acceptors (Lipinski definition) is 10. The minimum absolute atomic E-state index is 0.000886. The van der Waals surface area contributed by atoms with Gasteiger partial charge in [-0.3, -0.25) is 4.79 Å². The first-order valence-corrected chi connectivity index (χ1v) is 15.7. The molecule has 1 aromatic carbocycles. The summed E-state index contributed by atoms with van der Waals surface area (Å²) in [5, 5.41) is 31.6. The number of ether oxygens (including phenoxy) is 5. The number of carbonyl (C=O) groups is 2. The highest BCUT2D eigenvalue weighted by atomic mass is 79.9. The molecule has 10 nitrogen and oxygen atoms in total. The first-order valence-electron chi connectivity index (χ1n) is 14.9. The van der Waals surface area contributed by atoms with E-state index in [1.807, 2.05) is 20.8 Å². The Balaban J connectivity index is 1.69. The second-order valence-electron chi connectivity index (χ2n) is 13.3. The van der Waals surface area contributed by atoms with Crippen LogP contribution >= 0.6 is 15.9 Å². The van der Waals surface area contributed by atoms with Crippen LogP contribution in [-0.4, -0.2) is 70.2 Å². The Labute approximate surface area is 261 Å². The number of aliphatic hydroxyl groups excluding tert-OH is 1. The number of hydrogen-bond donors (Lipinski definition) is 3. The third-order valence-corrected chi connectivity index (χ3v) is 10.0. The van der Waals surface area contributed by atoms with E-state index in [0.29, 0.717) is 12.8 Å². The van der Waals surface area contributed by atoms with Gasteiger partial charge in [0.25, 0.3) is 0 Å². The Morgan fingerprint density at radius 1 is 1.14 bits per heavy atom. The second kappa shape index (κ2) is 12.7. The van der Waals surface area contributed by atoms with E-state index in [9.17, 15) is 24.9 Å². The first-order chi connectivity index (χ1) is 20.0. The number of rotatable bonds is 7. The van der Waals surface area contributed by atoms with E-state index >= 15 is 0 Å². The van der Waals surface area contributed by atoms with Crippen LogP contribution in [0.25, 0.3) is 0 Å². The van der Waals surface area contributed by atoms with Gasteiger partial charge < -0.3 is 39.0 Å². The Kier molecular flexibility index (Phi) is 9.93. The number of benzene rings is 1. The van der Waals surface area contributed by atoms with Gasteiger partial charge in [0.1, 0.15) is 29.3 Å². The topological polar surface area (TPSA) is 141 Å². The van der Waals surface area contributed by atoms with Gasteiger partial charge in [0, 0.05) is 22.9 Å². The molecule has 3 N–H and O–H groups in total. The van der Waals surface area contributed by atoms with Crippen LogP contribution in [0.1, 0.15) is 85.3 Å². The van der Waals surface area contributed by atoms with E-state index in [1.165, 1.54) is 6.92 Å². The summed E-state index contributed by atoms with van der Waals surface area (Å²) in [6.45, 7) is 10.9. The zero-order valence-electron chi connectivity index (χ0n) is 26.0. The molecule has 3 heterocycles. The number of cyclic esters (lactones) is 1. The molecule has 2 fully saturated rings. The smallest absolute Gasteiger partial charge is 0.334 e. The van der Waals surface area contributed by atoms with Gasteiger partial charge in [-0.15, -0.1) is 0 Å². The van der Waals surface area contributed by atoms with E-state index < -0.39 is 53.2 Å². The molecule has 0 aromatic heterocycles. The lowest BCUT2D eigenvalue weighted by Gasteiger charge is -2.59. The molecule has 0 amide bonds. The third-order valence-electron chi connectivity index (χ3n) is 9.29. The molecule has 0 saturated carbocycles. The lowest BCUT2D eigenvalue weighted by molar-refractivity contribution is -0.371. The third kappa shape index (κ3) is 7.06. The van der Waals surface area contributed by atoms with Crippen molar-refractivity contribution in [3.63, 3.8) is 0 Å². The number of methoxy groups -OCH3 is 1. The Morgan fingerprint density at radius 3 is 2.49 bits per heavy atom. The fraction of sp³-hybridized carbons (Fsp3) is 0.688. The lowest BCUT2D eigenvalue weighted by Crippen LogP contribution is -2.65. The first kappa shape index (κ1) is 33.7. The predicted molar refractivity (Wildman–Crippen MR) is 160 cm³/mol. The summed E-state index contributed by atoms with van der Waals surface area (Å²) < 4.78 is 31.5. The highest BCUT2D eigenvalue weighted by Gasteiger charge is 2.63. The maximum absolute atomic E-state index is 13.1. The number of halogens is 1. The fourth-order valence-electron chi connectivity index (χ4n) is 6.75. The van der Waals surface area contributed by atoms with Crippen molar-refractivity contribution < 1.29 is 48.6 Å². The summed E-state index contributed by atoms with van der Waals surface area (Å²) in [5.41, 5.74) is -1.43. The molecule has 1 aromatic rings. The van der Waals surface area contributed by atoms with Gasteiger partial charge in [-0.2, -0.15) is 0 Å². The van der Waals surface area contributed by atoms with Crippen molar-refractivity contribution >= 4 is 27.9 Å². The van der Waals surface area contributed by atoms with Crippen LogP contribution in [0, 0.1) is 17.3 Å². The molecule has 43 heavy (non-hydrogen) atoms. The monoisotopic (exact) mass is 668 g/mol. The predicted octanol–water partition coefficient (Wildman–Crippen LogP) is 5.07. The molecule has 0 radical (unpaired) electrons. The van der Waals surface area contributed by atoms with Crippen LogP contribution in [-0.2, 0) is 33.3 Å². The molecule has 3 aliphatic heterocycles. The van der Waals surface area contributed by atoms with Crippen molar-refractivity contribution in [2.75, 3.05) is 7.11 Å². The van der Waals surface area contributed by atoms with E-state index in [1.54, 1.807) is 32.2 Å². The summed E-state index contributed by atoms with van der Waals surface area (Å²) in [4.78, 5) is 26.0. The highest BCUT2D eigenvalue weighted by molar-refractivity contribution is 9.10. The molecule has 1 spiro atoms. The number of fused-ring (bicyclic) bond motifs is 2. The van der Waals surface area contributed by atoms with Crippen molar-refractivity contribution in [2.24, 2.45) is 17.3 Å². The minimum atomic E-state index is -1.50.